The highest BCUT2D eigenvalue weighted by Crippen LogP contribution is 2.26. The molecule has 2 aromatic carbocycles. The van der Waals surface area contributed by atoms with Gasteiger partial charge in [-0.3, -0.25) is 0 Å². The highest BCUT2D eigenvalue weighted by atomic mass is 16.6. The number of rotatable bonds is 5. The van der Waals surface area contributed by atoms with Crippen molar-refractivity contribution in [1.82, 2.24) is 14.7 Å². The summed E-state index contributed by atoms with van der Waals surface area (Å²) in [5.74, 6) is 0.850. The average Bonchev–Trinajstić information content (AvgIpc) is 3.22. The van der Waals surface area contributed by atoms with Crippen LogP contribution in [-0.2, 0) is 11.2 Å². The Hall–Kier alpha value is -3.28. The molecule has 32 heavy (non-hydrogen) atoms. The molecular weight excluding hydrogens is 400 g/mol. The van der Waals surface area contributed by atoms with Crippen molar-refractivity contribution in [3.8, 4) is 5.69 Å². The summed E-state index contributed by atoms with van der Waals surface area (Å²) in [5, 5.41) is 8.27. The van der Waals surface area contributed by atoms with Gasteiger partial charge in [-0.1, -0.05) is 48.5 Å². The third-order valence-corrected chi connectivity index (χ3v) is 5.62. The summed E-state index contributed by atoms with van der Waals surface area (Å²) in [4.78, 5) is 14.8. The largest absolute Gasteiger partial charge is 0.444 e. The minimum Gasteiger partial charge on any atom is -0.444 e. The molecule has 1 aliphatic heterocycles. The SMILES string of the molecule is CC(C)(C)OC(=O)N1CCC(Nc2ccn(-c3ccccc3)n2)CC1Cc1ccccc1. The van der Waals surface area contributed by atoms with Gasteiger partial charge < -0.3 is 15.0 Å². The average molecular weight is 433 g/mol. The maximum absolute atomic E-state index is 12.9. The lowest BCUT2D eigenvalue weighted by molar-refractivity contribution is 0.00902. The molecule has 6 nitrogen and oxygen atoms in total. The Kier molecular flexibility index (Phi) is 6.49. The molecule has 2 unspecified atom stereocenters. The summed E-state index contributed by atoms with van der Waals surface area (Å²) >= 11 is 0. The Labute approximate surface area is 190 Å². The van der Waals surface area contributed by atoms with Crippen LogP contribution < -0.4 is 5.32 Å². The van der Waals surface area contributed by atoms with Gasteiger partial charge >= 0.3 is 6.09 Å². The number of anilines is 1. The second-order valence-electron chi connectivity index (χ2n) is 9.36. The van der Waals surface area contributed by atoms with Crippen molar-refractivity contribution < 1.29 is 9.53 Å². The van der Waals surface area contributed by atoms with E-state index in [1.165, 1.54) is 5.56 Å². The van der Waals surface area contributed by atoms with Gasteiger partial charge in [-0.25, -0.2) is 9.48 Å². The summed E-state index contributed by atoms with van der Waals surface area (Å²) in [6.45, 7) is 6.39. The third-order valence-electron chi connectivity index (χ3n) is 5.62. The standard InChI is InChI=1S/C26H32N4O2/c1-26(2,3)32-25(31)29-16-14-21(19-23(29)18-20-10-6-4-7-11-20)27-24-15-17-30(28-24)22-12-8-5-9-13-22/h4-13,15,17,21,23H,14,16,18-19H2,1-3H3,(H,27,28). The van der Waals surface area contributed by atoms with Crippen molar-refractivity contribution in [3.63, 3.8) is 0 Å². The van der Waals surface area contributed by atoms with E-state index in [-0.39, 0.29) is 18.2 Å². The lowest BCUT2D eigenvalue weighted by atomic mass is 9.92. The summed E-state index contributed by atoms with van der Waals surface area (Å²) in [6, 6.07) is 22.7. The number of likely N-dealkylation sites (tertiary alicyclic amines) is 1. The predicted octanol–water partition coefficient (Wildman–Crippen LogP) is 5.30. The molecule has 1 fully saturated rings. The van der Waals surface area contributed by atoms with E-state index >= 15 is 0 Å². The zero-order valence-electron chi connectivity index (χ0n) is 19.1. The molecule has 6 heteroatoms. The molecule has 1 amide bonds. The number of nitrogens with zero attached hydrogens (tertiary/aromatic N) is 3. The van der Waals surface area contributed by atoms with E-state index < -0.39 is 5.60 Å². The van der Waals surface area contributed by atoms with Crippen LogP contribution in [0.2, 0.25) is 0 Å². The van der Waals surface area contributed by atoms with Crippen LogP contribution in [0.4, 0.5) is 10.6 Å². The van der Waals surface area contributed by atoms with Crippen molar-refractivity contribution in [2.24, 2.45) is 0 Å². The van der Waals surface area contributed by atoms with E-state index in [4.69, 9.17) is 4.74 Å². The van der Waals surface area contributed by atoms with E-state index in [9.17, 15) is 4.79 Å². The monoisotopic (exact) mass is 432 g/mol. The minimum atomic E-state index is -0.506. The summed E-state index contributed by atoms with van der Waals surface area (Å²) in [5.41, 5.74) is 1.75. The van der Waals surface area contributed by atoms with E-state index in [2.05, 4.69) is 22.5 Å². The minimum absolute atomic E-state index is 0.0645. The number of hydrogen-bond donors (Lipinski definition) is 1. The number of nitrogens with one attached hydrogen (secondary N) is 1. The highest BCUT2D eigenvalue weighted by Gasteiger charge is 2.34. The lowest BCUT2D eigenvalue weighted by Gasteiger charge is -2.40. The molecule has 0 bridgehead atoms. The third kappa shape index (κ3) is 5.69. The fraction of sp³-hybridized carbons (Fsp3) is 0.385. The zero-order valence-corrected chi connectivity index (χ0v) is 19.1. The molecule has 0 spiro atoms. The van der Waals surface area contributed by atoms with Gasteiger partial charge in [-0.05, 0) is 57.7 Å². The Morgan fingerprint density at radius 1 is 1.06 bits per heavy atom. The molecule has 3 aromatic rings. The van der Waals surface area contributed by atoms with Crippen molar-refractivity contribution in [1.29, 1.82) is 0 Å². The zero-order chi connectivity index (χ0) is 22.6. The molecule has 168 valence electrons. The number of carbonyl (C=O) groups excluding carboxylic acids is 1. The highest BCUT2D eigenvalue weighted by molar-refractivity contribution is 5.69. The Bertz CT molecular complexity index is 1010. The maximum Gasteiger partial charge on any atom is 0.410 e. The summed E-state index contributed by atoms with van der Waals surface area (Å²) < 4.78 is 7.58. The van der Waals surface area contributed by atoms with Crippen LogP contribution in [-0.4, -0.2) is 45.0 Å². The van der Waals surface area contributed by atoms with E-state index in [1.54, 1.807) is 0 Å². The van der Waals surface area contributed by atoms with Crippen LogP contribution in [0, 0.1) is 0 Å². The van der Waals surface area contributed by atoms with E-state index in [1.807, 2.05) is 91.1 Å². The second kappa shape index (κ2) is 9.47. The number of aromatic nitrogens is 2. The van der Waals surface area contributed by atoms with E-state index in [0.29, 0.717) is 6.54 Å². The van der Waals surface area contributed by atoms with Gasteiger partial charge in [0.2, 0.25) is 0 Å². The normalized spacial score (nSPS) is 18.9. The van der Waals surface area contributed by atoms with Crippen molar-refractivity contribution in [2.45, 2.75) is 57.7 Å². The first-order chi connectivity index (χ1) is 15.4. The fourth-order valence-corrected chi connectivity index (χ4v) is 4.16. The van der Waals surface area contributed by atoms with Crippen LogP contribution in [0.3, 0.4) is 0 Å². The molecule has 1 aromatic heterocycles. The van der Waals surface area contributed by atoms with Gasteiger partial charge in [-0.2, -0.15) is 5.10 Å². The first-order valence-corrected chi connectivity index (χ1v) is 11.3. The van der Waals surface area contributed by atoms with Gasteiger partial charge in [-0.15, -0.1) is 0 Å². The van der Waals surface area contributed by atoms with Crippen LogP contribution >= 0.6 is 0 Å². The van der Waals surface area contributed by atoms with Crippen molar-refractivity contribution in [3.05, 3.63) is 78.5 Å². The molecule has 0 radical (unpaired) electrons. The van der Waals surface area contributed by atoms with E-state index in [0.717, 1.165) is 30.8 Å². The number of ether oxygens (including phenoxy) is 1. The molecule has 2 atom stereocenters. The smallest absolute Gasteiger partial charge is 0.410 e. The van der Waals surface area contributed by atoms with Crippen molar-refractivity contribution in [2.75, 3.05) is 11.9 Å². The summed E-state index contributed by atoms with van der Waals surface area (Å²) in [7, 11) is 0. The number of amides is 1. The van der Waals surface area contributed by atoms with Crippen LogP contribution in [0.1, 0.15) is 39.2 Å². The number of piperidine rings is 1. The van der Waals surface area contributed by atoms with Gasteiger partial charge in [0.15, 0.2) is 0 Å². The van der Waals surface area contributed by atoms with Gasteiger partial charge in [0, 0.05) is 30.9 Å². The first kappa shape index (κ1) is 21.9. The molecular formula is C26H32N4O2. The van der Waals surface area contributed by atoms with Gasteiger partial charge in [0.25, 0.3) is 0 Å². The molecule has 1 saturated heterocycles. The Morgan fingerprint density at radius 2 is 1.75 bits per heavy atom. The topological polar surface area (TPSA) is 59.4 Å². The number of para-hydroxylation sites is 1. The van der Waals surface area contributed by atoms with Crippen LogP contribution in [0.25, 0.3) is 5.69 Å². The maximum atomic E-state index is 12.9. The number of hydrogen-bond acceptors (Lipinski definition) is 4. The molecule has 1 aliphatic rings. The first-order valence-electron chi connectivity index (χ1n) is 11.3. The second-order valence-corrected chi connectivity index (χ2v) is 9.36. The van der Waals surface area contributed by atoms with Gasteiger partial charge in [0.1, 0.15) is 11.4 Å². The van der Waals surface area contributed by atoms with Crippen LogP contribution in [0.15, 0.2) is 72.9 Å². The Morgan fingerprint density at radius 3 is 2.44 bits per heavy atom. The molecule has 0 aliphatic carbocycles. The molecule has 0 saturated carbocycles. The van der Waals surface area contributed by atoms with Crippen LogP contribution in [0.5, 0.6) is 0 Å². The fourth-order valence-electron chi connectivity index (χ4n) is 4.16. The number of carbonyl (C=O) groups is 1. The Balaban J connectivity index is 1.46. The lowest BCUT2D eigenvalue weighted by Crippen LogP contribution is -2.51. The van der Waals surface area contributed by atoms with Gasteiger partial charge in [0.05, 0.1) is 5.69 Å². The molecule has 2 heterocycles. The quantitative estimate of drug-likeness (QED) is 0.595. The predicted molar refractivity (Wildman–Crippen MR) is 127 cm³/mol. The van der Waals surface area contributed by atoms with Crippen molar-refractivity contribution >= 4 is 11.9 Å². The molecule has 1 N–H and O–H groups in total. The summed E-state index contributed by atoms with van der Waals surface area (Å²) in [6.07, 6.45) is 4.23. The number of benzene rings is 2. The molecule has 4 rings (SSSR count).